The molecule has 5 rings (SSSR count). The minimum atomic E-state index is 0. The molecule has 0 saturated carbocycles. The van der Waals surface area contributed by atoms with Crippen LogP contribution in [0.5, 0.6) is 0 Å². The number of rotatable bonds is 1. The predicted octanol–water partition coefficient (Wildman–Crippen LogP) is 7.27. The molecule has 0 aliphatic heterocycles. The van der Waals surface area contributed by atoms with Gasteiger partial charge in [-0.05, 0) is 0 Å². The van der Waals surface area contributed by atoms with Gasteiger partial charge >= 0.3 is 30.2 Å². The summed E-state index contributed by atoms with van der Waals surface area (Å²) in [6, 6.07) is 39.7. The van der Waals surface area contributed by atoms with Crippen LogP contribution in [0.2, 0.25) is 0 Å². The molecule has 154 valence electrons. The van der Waals surface area contributed by atoms with Gasteiger partial charge in [-0.2, -0.15) is 58.7 Å². The van der Waals surface area contributed by atoms with E-state index in [4.69, 9.17) is 0 Å². The average molecular weight is 507 g/mol. The van der Waals surface area contributed by atoms with E-state index in [1.807, 2.05) is 12.9 Å². The van der Waals surface area contributed by atoms with E-state index in [1.54, 1.807) is 23.3 Å². The van der Waals surface area contributed by atoms with E-state index in [1.165, 1.54) is 33.0 Å². The molecular formula is C27H28ClSiZr-3. The largest absolute Gasteiger partial charge is 0.168 e. The molecule has 0 heterocycles. The Bertz CT molecular complexity index is 953. The molecule has 30 heavy (non-hydrogen) atoms. The zero-order chi connectivity index (χ0) is 20.9. The summed E-state index contributed by atoms with van der Waals surface area (Å²) < 4.78 is 0. The monoisotopic (exact) mass is 505 g/mol. The van der Waals surface area contributed by atoms with E-state index in [2.05, 4.69) is 123 Å². The van der Waals surface area contributed by atoms with Gasteiger partial charge in [0.05, 0.1) is 0 Å². The van der Waals surface area contributed by atoms with Crippen LogP contribution in [0.1, 0.15) is 19.4 Å². The Kier molecular flexibility index (Phi) is 13.1. The van der Waals surface area contributed by atoms with Crippen molar-refractivity contribution in [1.82, 2.24) is 0 Å². The maximum Gasteiger partial charge on any atom is -0.0809 e. The van der Waals surface area contributed by atoms with Crippen molar-refractivity contribution in [3.63, 3.8) is 0 Å². The molecule has 0 aromatic heterocycles. The third-order valence-electron chi connectivity index (χ3n) is 4.45. The van der Waals surface area contributed by atoms with Crippen molar-refractivity contribution >= 4 is 40.8 Å². The molecule has 5 aromatic carbocycles. The summed E-state index contributed by atoms with van der Waals surface area (Å²) >= 11 is 1.58. The summed E-state index contributed by atoms with van der Waals surface area (Å²) in [6.07, 6.45) is 0. The molecule has 5 aromatic rings. The molecule has 0 N–H and O–H groups in total. The Morgan fingerprint density at radius 2 is 1.00 bits per heavy atom. The van der Waals surface area contributed by atoms with Gasteiger partial charge in [-0.25, -0.2) is 0 Å². The topological polar surface area (TPSA) is 0 Å². The molecule has 0 fully saturated rings. The summed E-state index contributed by atoms with van der Waals surface area (Å²) in [6.45, 7) is 6.19. The summed E-state index contributed by atoms with van der Waals surface area (Å²) in [4.78, 5) is 0. The first kappa shape index (κ1) is 26.2. The first-order valence-electron chi connectivity index (χ1n) is 9.66. The predicted molar refractivity (Wildman–Crippen MR) is 135 cm³/mol. The molecule has 0 atom stereocenters. The number of benzene rings is 3. The second-order valence-electron chi connectivity index (χ2n) is 6.68. The van der Waals surface area contributed by atoms with E-state index < -0.39 is 0 Å². The fraction of sp³-hybridized carbons (Fsp3) is 0.0741. The van der Waals surface area contributed by atoms with Gasteiger partial charge in [0.25, 0.3) is 0 Å². The van der Waals surface area contributed by atoms with Gasteiger partial charge in [-0.1, -0.05) is 32.0 Å². The SMILES string of the molecule is C[C-](C)c1ccccc1.Cl.[SiH2]=[Zr].c1ccc2[cH-]ccc2c1.c1ccc2[cH-]ccc2c1. The van der Waals surface area contributed by atoms with Gasteiger partial charge in [-0.3, -0.25) is 0 Å². The van der Waals surface area contributed by atoms with E-state index in [0.29, 0.717) is 0 Å². The van der Waals surface area contributed by atoms with Crippen molar-refractivity contribution in [2.75, 3.05) is 0 Å². The van der Waals surface area contributed by atoms with Crippen molar-refractivity contribution < 1.29 is 23.3 Å². The molecule has 0 unspecified atom stereocenters. The molecule has 3 heteroatoms. The Morgan fingerprint density at radius 1 is 0.600 bits per heavy atom. The number of fused-ring (bicyclic) bond motifs is 2. The molecule has 0 aliphatic carbocycles. The smallest absolute Gasteiger partial charge is 0.0809 e. The van der Waals surface area contributed by atoms with Crippen molar-refractivity contribution in [2.24, 2.45) is 0 Å². The number of hydrogen-bond acceptors (Lipinski definition) is 0. The number of halogens is 1. The van der Waals surface area contributed by atoms with Gasteiger partial charge in [0, 0.05) is 0 Å². The van der Waals surface area contributed by atoms with Crippen LogP contribution >= 0.6 is 12.4 Å². The Hall–Kier alpha value is -1.86. The van der Waals surface area contributed by atoms with Crippen LogP contribution < -0.4 is 0 Å². The Morgan fingerprint density at radius 3 is 1.37 bits per heavy atom. The van der Waals surface area contributed by atoms with E-state index in [0.717, 1.165) is 0 Å². The minimum Gasteiger partial charge on any atom is -0.168 e. The molecule has 0 aliphatic rings. The standard InChI is InChI=1S/2C9H7.C9H11.ClH.H2Si.Zr/c2*1-2-5-9-7-3-6-8(9)4-1;1-8(2)9-6-4-3-5-7-9;;;/h2*1-7H;3-7H,1-2H3;1H;1H2;/q3*-1;;;. The van der Waals surface area contributed by atoms with Crippen LogP contribution in [-0.4, -0.2) is 6.88 Å². The van der Waals surface area contributed by atoms with E-state index in [9.17, 15) is 0 Å². The summed E-state index contributed by atoms with van der Waals surface area (Å²) in [5, 5.41) is 5.32. The molecule has 0 radical (unpaired) electrons. The van der Waals surface area contributed by atoms with Crippen LogP contribution in [0.25, 0.3) is 21.5 Å². The average Bonchev–Trinajstić information content (AvgIpc) is 3.46. The van der Waals surface area contributed by atoms with Crippen molar-refractivity contribution in [2.45, 2.75) is 13.8 Å². The zero-order valence-electron chi connectivity index (χ0n) is 17.6. The van der Waals surface area contributed by atoms with Gasteiger partial charge < -0.3 is 0 Å². The quantitative estimate of drug-likeness (QED) is 0.165. The van der Waals surface area contributed by atoms with Gasteiger partial charge in [-0.15, -0.1) is 83.8 Å². The summed E-state index contributed by atoms with van der Waals surface area (Å²) in [7, 11) is 0. The van der Waals surface area contributed by atoms with Crippen LogP contribution in [0.3, 0.4) is 0 Å². The fourth-order valence-corrected chi connectivity index (χ4v) is 2.91. The molecule has 0 saturated heterocycles. The third kappa shape index (κ3) is 8.48. The normalized spacial score (nSPS) is 8.97. The molecule has 0 spiro atoms. The summed E-state index contributed by atoms with van der Waals surface area (Å²) in [5.74, 6) is 1.37. The second kappa shape index (κ2) is 15.0. The van der Waals surface area contributed by atoms with Gasteiger partial charge in [0.1, 0.15) is 0 Å². The fourth-order valence-electron chi connectivity index (χ4n) is 2.91. The van der Waals surface area contributed by atoms with Crippen LogP contribution in [0, 0.1) is 5.92 Å². The second-order valence-corrected chi connectivity index (χ2v) is 6.68. The first-order valence-corrected chi connectivity index (χ1v) is 15.6. The molecule has 0 bridgehead atoms. The van der Waals surface area contributed by atoms with E-state index in [-0.39, 0.29) is 12.4 Å². The molecular weight excluding hydrogens is 479 g/mol. The zero-order valence-corrected chi connectivity index (χ0v) is 22.3. The maximum absolute atomic E-state index is 2.12. The van der Waals surface area contributed by atoms with Crippen LogP contribution in [0.15, 0.2) is 115 Å². The Labute approximate surface area is 203 Å². The molecule has 0 amide bonds. The molecule has 0 nitrogen and oxygen atoms in total. The van der Waals surface area contributed by atoms with E-state index >= 15 is 0 Å². The van der Waals surface area contributed by atoms with Crippen molar-refractivity contribution in [3.05, 3.63) is 127 Å². The van der Waals surface area contributed by atoms with Gasteiger partial charge in [0.15, 0.2) is 0 Å². The number of hydrogen-bond donors (Lipinski definition) is 0. The first-order chi connectivity index (χ1) is 14.2. The van der Waals surface area contributed by atoms with Crippen LogP contribution in [-0.2, 0) is 23.3 Å². The van der Waals surface area contributed by atoms with Crippen molar-refractivity contribution in [3.8, 4) is 0 Å². The van der Waals surface area contributed by atoms with Crippen molar-refractivity contribution in [1.29, 1.82) is 0 Å². The summed E-state index contributed by atoms with van der Waals surface area (Å²) in [5.41, 5.74) is 1.33. The van der Waals surface area contributed by atoms with Gasteiger partial charge in [0.2, 0.25) is 0 Å². The third-order valence-corrected chi connectivity index (χ3v) is 4.45. The maximum atomic E-state index is 2.12. The Balaban J connectivity index is 0.000000212. The van der Waals surface area contributed by atoms with Crippen LogP contribution in [0.4, 0.5) is 0 Å². The minimum absolute atomic E-state index is 0.